The lowest BCUT2D eigenvalue weighted by atomic mass is 10.1. The van der Waals surface area contributed by atoms with Crippen LogP contribution in [-0.4, -0.2) is 37.0 Å². The summed E-state index contributed by atoms with van der Waals surface area (Å²) in [6, 6.07) is 0.290. The molecule has 1 amide bonds. The SMILES string of the molecule is CCCCCCCCNCC(=O)N(C)C(C)C. The van der Waals surface area contributed by atoms with Crippen molar-refractivity contribution in [2.45, 2.75) is 65.3 Å². The fourth-order valence-electron chi connectivity index (χ4n) is 1.64. The van der Waals surface area contributed by atoms with Crippen LogP contribution in [0.1, 0.15) is 59.3 Å². The molecule has 0 rings (SSSR count). The molecule has 0 unspecified atom stereocenters. The predicted octanol–water partition coefficient (Wildman–Crippen LogP) is 2.80. The number of likely N-dealkylation sites (N-methyl/N-ethyl adjacent to an activating group) is 1. The van der Waals surface area contributed by atoms with Gasteiger partial charge in [0.25, 0.3) is 0 Å². The predicted molar refractivity (Wildman–Crippen MR) is 74.2 cm³/mol. The first-order valence-electron chi connectivity index (χ1n) is 7.06. The van der Waals surface area contributed by atoms with E-state index in [4.69, 9.17) is 0 Å². The summed E-state index contributed by atoms with van der Waals surface area (Å²) in [6.45, 7) is 7.74. The van der Waals surface area contributed by atoms with Crippen LogP contribution in [0.25, 0.3) is 0 Å². The molecule has 0 aliphatic carbocycles. The molecule has 0 aliphatic heterocycles. The van der Waals surface area contributed by atoms with Gasteiger partial charge in [0.2, 0.25) is 5.91 Å². The highest BCUT2D eigenvalue weighted by Gasteiger charge is 2.10. The fraction of sp³-hybridized carbons (Fsp3) is 0.929. The smallest absolute Gasteiger partial charge is 0.236 e. The first-order chi connectivity index (χ1) is 8.09. The highest BCUT2D eigenvalue weighted by molar-refractivity contribution is 5.78. The van der Waals surface area contributed by atoms with E-state index in [1.807, 2.05) is 20.9 Å². The summed E-state index contributed by atoms with van der Waals surface area (Å²) in [4.78, 5) is 13.4. The van der Waals surface area contributed by atoms with Crippen LogP contribution in [0.4, 0.5) is 0 Å². The first-order valence-corrected chi connectivity index (χ1v) is 7.06. The van der Waals surface area contributed by atoms with Crippen molar-refractivity contribution in [3.05, 3.63) is 0 Å². The maximum absolute atomic E-state index is 11.6. The second kappa shape index (κ2) is 10.6. The molecule has 0 radical (unpaired) electrons. The zero-order valence-corrected chi connectivity index (χ0v) is 12.1. The number of amides is 1. The molecule has 3 nitrogen and oxygen atoms in total. The third-order valence-electron chi connectivity index (χ3n) is 3.15. The molecule has 1 N–H and O–H groups in total. The Hall–Kier alpha value is -0.570. The van der Waals surface area contributed by atoms with Gasteiger partial charge in [-0.05, 0) is 26.8 Å². The molecule has 17 heavy (non-hydrogen) atoms. The van der Waals surface area contributed by atoms with Crippen molar-refractivity contribution in [1.82, 2.24) is 10.2 Å². The van der Waals surface area contributed by atoms with E-state index in [2.05, 4.69) is 12.2 Å². The van der Waals surface area contributed by atoms with Gasteiger partial charge in [0, 0.05) is 13.1 Å². The average molecular weight is 242 g/mol. The number of nitrogens with zero attached hydrogens (tertiary/aromatic N) is 1. The maximum Gasteiger partial charge on any atom is 0.236 e. The van der Waals surface area contributed by atoms with Crippen LogP contribution in [0, 0.1) is 0 Å². The standard InChI is InChI=1S/C14H30N2O/c1-5-6-7-8-9-10-11-15-12-14(17)16(4)13(2)3/h13,15H,5-12H2,1-4H3. The van der Waals surface area contributed by atoms with Crippen LogP contribution < -0.4 is 5.32 Å². The van der Waals surface area contributed by atoms with E-state index in [-0.39, 0.29) is 5.91 Å². The third-order valence-corrected chi connectivity index (χ3v) is 3.15. The molecule has 0 fully saturated rings. The fourth-order valence-corrected chi connectivity index (χ4v) is 1.64. The van der Waals surface area contributed by atoms with Gasteiger partial charge in [0.05, 0.1) is 6.54 Å². The monoisotopic (exact) mass is 242 g/mol. The molecule has 0 aromatic carbocycles. The summed E-state index contributed by atoms with van der Waals surface area (Å²) >= 11 is 0. The van der Waals surface area contributed by atoms with Gasteiger partial charge in [-0.2, -0.15) is 0 Å². The second-order valence-corrected chi connectivity index (χ2v) is 5.04. The van der Waals surface area contributed by atoms with Gasteiger partial charge in [-0.1, -0.05) is 39.0 Å². The Morgan fingerprint density at radius 3 is 2.29 bits per heavy atom. The molecule has 0 spiro atoms. The summed E-state index contributed by atoms with van der Waals surface area (Å²) in [5.41, 5.74) is 0. The van der Waals surface area contributed by atoms with E-state index in [0.717, 1.165) is 6.54 Å². The number of hydrogen-bond donors (Lipinski definition) is 1. The van der Waals surface area contributed by atoms with Crippen LogP contribution in [0.3, 0.4) is 0 Å². The van der Waals surface area contributed by atoms with Crippen molar-refractivity contribution in [1.29, 1.82) is 0 Å². The largest absolute Gasteiger partial charge is 0.342 e. The van der Waals surface area contributed by atoms with Crippen molar-refractivity contribution < 1.29 is 4.79 Å². The molecule has 0 aromatic heterocycles. The molecule has 0 saturated carbocycles. The summed E-state index contributed by atoms with van der Waals surface area (Å²) < 4.78 is 0. The van der Waals surface area contributed by atoms with Crippen LogP contribution in [-0.2, 0) is 4.79 Å². The van der Waals surface area contributed by atoms with Crippen molar-refractivity contribution >= 4 is 5.91 Å². The Bertz CT molecular complexity index is 193. The lowest BCUT2D eigenvalue weighted by Gasteiger charge is -2.21. The number of carbonyl (C=O) groups excluding carboxylic acids is 1. The zero-order chi connectivity index (χ0) is 13.1. The quantitative estimate of drug-likeness (QED) is 0.597. The van der Waals surface area contributed by atoms with E-state index in [1.54, 1.807) is 4.90 Å². The Morgan fingerprint density at radius 1 is 1.12 bits per heavy atom. The summed E-state index contributed by atoms with van der Waals surface area (Å²) in [5.74, 6) is 0.186. The molecular formula is C14H30N2O. The Balaban J connectivity index is 3.31. The minimum atomic E-state index is 0.186. The number of hydrogen-bond acceptors (Lipinski definition) is 2. The number of nitrogens with one attached hydrogen (secondary N) is 1. The molecule has 0 aromatic rings. The number of unbranched alkanes of at least 4 members (excludes halogenated alkanes) is 5. The van der Waals surface area contributed by atoms with Gasteiger partial charge in [-0.25, -0.2) is 0 Å². The topological polar surface area (TPSA) is 32.3 Å². The molecular weight excluding hydrogens is 212 g/mol. The number of carbonyl (C=O) groups is 1. The van der Waals surface area contributed by atoms with E-state index in [0.29, 0.717) is 12.6 Å². The van der Waals surface area contributed by atoms with E-state index >= 15 is 0 Å². The van der Waals surface area contributed by atoms with Crippen molar-refractivity contribution in [3.63, 3.8) is 0 Å². The Labute approximate surface area is 107 Å². The normalized spacial score (nSPS) is 10.9. The minimum Gasteiger partial charge on any atom is -0.342 e. The van der Waals surface area contributed by atoms with Crippen molar-refractivity contribution in [2.24, 2.45) is 0 Å². The molecule has 0 atom stereocenters. The van der Waals surface area contributed by atoms with Gasteiger partial charge < -0.3 is 10.2 Å². The molecule has 0 aliphatic rings. The molecule has 0 heterocycles. The summed E-state index contributed by atoms with van der Waals surface area (Å²) in [6.07, 6.45) is 7.80. The summed E-state index contributed by atoms with van der Waals surface area (Å²) in [5, 5.41) is 3.22. The number of rotatable bonds is 10. The highest BCUT2D eigenvalue weighted by Crippen LogP contribution is 2.04. The van der Waals surface area contributed by atoms with Crippen LogP contribution in [0.2, 0.25) is 0 Å². The van der Waals surface area contributed by atoms with Gasteiger partial charge in [0.15, 0.2) is 0 Å². The summed E-state index contributed by atoms with van der Waals surface area (Å²) in [7, 11) is 1.86. The maximum atomic E-state index is 11.6. The Kier molecular flexibility index (Phi) is 10.2. The van der Waals surface area contributed by atoms with Gasteiger partial charge >= 0.3 is 0 Å². The van der Waals surface area contributed by atoms with Crippen molar-refractivity contribution in [3.8, 4) is 0 Å². The highest BCUT2D eigenvalue weighted by atomic mass is 16.2. The first kappa shape index (κ1) is 16.4. The third kappa shape index (κ3) is 9.16. The lowest BCUT2D eigenvalue weighted by Crippen LogP contribution is -2.39. The van der Waals surface area contributed by atoms with Gasteiger partial charge in [-0.3, -0.25) is 4.79 Å². The van der Waals surface area contributed by atoms with E-state index in [9.17, 15) is 4.79 Å². The van der Waals surface area contributed by atoms with E-state index in [1.165, 1.54) is 38.5 Å². The van der Waals surface area contributed by atoms with Crippen LogP contribution >= 0.6 is 0 Å². The van der Waals surface area contributed by atoms with Crippen LogP contribution in [0.5, 0.6) is 0 Å². The van der Waals surface area contributed by atoms with Gasteiger partial charge in [0.1, 0.15) is 0 Å². The second-order valence-electron chi connectivity index (χ2n) is 5.04. The molecule has 3 heteroatoms. The van der Waals surface area contributed by atoms with E-state index < -0.39 is 0 Å². The van der Waals surface area contributed by atoms with Crippen molar-refractivity contribution in [2.75, 3.05) is 20.1 Å². The minimum absolute atomic E-state index is 0.186. The zero-order valence-electron chi connectivity index (χ0n) is 12.1. The molecule has 0 bridgehead atoms. The molecule has 102 valence electrons. The van der Waals surface area contributed by atoms with Crippen LogP contribution in [0.15, 0.2) is 0 Å². The average Bonchev–Trinajstić information content (AvgIpc) is 2.31. The molecule has 0 saturated heterocycles. The van der Waals surface area contributed by atoms with Gasteiger partial charge in [-0.15, -0.1) is 0 Å². The lowest BCUT2D eigenvalue weighted by molar-refractivity contribution is -0.130. The Morgan fingerprint density at radius 2 is 1.71 bits per heavy atom.